The van der Waals surface area contributed by atoms with Crippen LogP contribution in [0.1, 0.15) is 25.8 Å². The monoisotopic (exact) mass is 270 g/mol. The number of anilines is 1. The molecule has 1 aromatic rings. The largest absolute Gasteiger partial charge is 0.394 e. The van der Waals surface area contributed by atoms with Crippen molar-refractivity contribution in [3.63, 3.8) is 0 Å². The van der Waals surface area contributed by atoms with Crippen molar-refractivity contribution in [3.05, 3.63) is 28.8 Å². The molecule has 0 unspecified atom stereocenters. The number of aliphatic hydroxyl groups is 1. The lowest BCUT2D eigenvalue weighted by Gasteiger charge is -2.27. The molecule has 1 rings (SSSR count). The lowest BCUT2D eigenvalue weighted by atomic mass is 10.0. The molecule has 5 heteroatoms. The van der Waals surface area contributed by atoms with E-state index < -0.39 is 5.54 Å². The van der Waals surface area contributed by atoms with E-state index in [0.717, 1.165) is 5.56 Å². The Labute approximate surface area is 112 Å². The number of nitrogens with one attached hydrogen (secondary N) is 2. The molecular weight excluding hydrogens is 252 g/mol. The van der Waals surface area contributed by atoms with Gasteiger partial charge in [-0.2, -0.15) is 0 Å². The zero-order chi connectivity index (χ0) is 13.8. The van der Waals surface area contributed by atoms with Crippen LogP contribution in [0.15, 0.2) is 18.2 Å². The number of amides is 2. The summed E-state index contributed by atoms with van der Waals surface area (Å²) >= 11 is 6.02. The van der Waals surface area contributed by atoms with Crippen LogP contribution in [0.3, 0.4) is 0 Å². The maximum absolute atomic E-state index is 11.8. The summed E-state index contributed by atoms with van der Waals surface area (Å²) in [6.45, 7) is 5.49. The second-order valence-corrected chi connectivity index (χ2v) is 5.04. The number of urea groups is 1. The highest BCUT2D eigenvalue weighted by Gasteiger charge is 2.23. The number of aliphatic hydroxyl groups excluding tert-OH is 1. The van der Waals surface area contributed by atoms with Crippen molar-refractivity contribution in [3.8, 4) is 0 Å². The van der Waals surface area contributed by atoms with Crippen LogP contribution >= 0.6 is 11.6 Å². The van der Waals surface area contributed by atoms with Crippen molar-refractivity contribution in [2.75, 3.05) is 11.9 Å². The van der Waals surface area contributed by atoms with Gasteiger partial charge < -0.3 is 15.7 Å². The molecule has 0 aromatic heterocycles. The molecule has 4 nitrogen and oxygen atoms in total. The number of aryl methyl sites for hydroxylation is 1. The van der Waals surface area contributed by atoms with Crippen molar-refractivity contribution in [1.82, 2.24) is 5.32 Å². The van der Waals surface area contributed by atoms with E-state index in [4.69, 9.17) is 11.6 Å². The van der Waals surface area contributed by atoms with Gasteiger partial charge in [0.05, 0.1) is 22.9 Å². The Morgan fingerprint density at radius 3 is 2.67 bits per heavy atom. The third kappa shape index (κ3) is 3.89. The molecule has 3 N–H and O–H groups in total. The Morgan fingerprint density at radius 2 is 2.17 bits per heavy atom. The van der Waals surface area contributed by atoms with Gasteiger partial charge in [-0.05, 0) is 38.0 Å². The average molecular weight is 271 g/mol. The van der Waals surface area contributed by atoms with E-state index in [1.54, 1.807) is 19.1 Å². The molecule has 0 fully saturated rings. The van der Waals surface area contributed by atoms with E-state index in [1.165, 1.54) is 0 Å². The predicted octanol–water partition coefficient (Wildman–Crippen LogP) is 2.93. The number of carbonyl (C=O) groups excluding carboxylic acids is 1. The summed E-state index contributed by atoms with van der Waals surface area (Å²) in [7, 11) is 0. The fourth-order valence-electron chi connectivity index (χ4n) is 1.39. The first kappa shape index (κ1) is 14.8. The first-order valence-electron chi connectivity index (χ1n) is 5.86. The minimum Gasteiger partial charge on any atom is -0.394 e. The summed E-state index contributed by atoms with van der Waals surface area (Å²) in [5.41, 5.74) is 0.956. The summed E-state index contributed by atoms with van der Waals surface area (Å²) in [6, 6.07) is 5.02. The van der Waals surface area contributed by atoms with Crippen LogP contribution in [0.25, 0.3) is 0 Å². The molecule has 0 saturated carbocycles. The topological polar surface area (TPSA) is 61.4 Å². The van der Waals surface area contributed by atoms with Crippen molar-refractivity contribution in [2.45, 2.75) is 32.7 Å². The first-order chi connectivity index (χ1) is 8.40. The number of hydrogen-bond donors (Lipinski definition) is 3. The van der Waals surface area contributed by atoms with Crippen LogP contribution in [0.4, 0.5) is 10.5 Å². The van der Waals surface area contributed by atoms with Gasteiger partial charge in [0.1, 0.15) is 0 Å². The second-order valence-electron chi connectivity index (χ2n) is 4.63. The second kappa shape index (κ2) is 6.07. The highest BCUT2D eigenvalue weighted by Crippen LogP contribution is 2.22. The summed E-state index contributed by atoms with van der Waals surface area (Å²) in [5, 5.41) is 15.1. The van der Waals surface area contributed by atoms with Gasteiger partial charge >= 0.3 is 6.03 Å². The molecule has 0 aliphatic heterocycles. The molecule has 0 saturated heterocycles. The van der Waals surface area contributed by atoms with Gasteiger partial charge in [0.25, 0.3) is 0 Å². The van der Waals surface area contributed by atoms with Crippen LogP contribution in [-0.4, -0.2) is 23.3 Å². The molecule has 18 heavy (non-hydrogen) atoms. The van der Waals surface area contributed by atoms with Crippen LogP contribution in [-0.2, 0) is 0 Å². The predicted molar refractivity (Wildman–Crippen MR) is 74.1 cm³/mol. The number of hydrogen-bond acceptors (Lipinski definition) is 2. The van der Waals surface area contributed by atoms with Gasteiger partial charge in [-0.1, -0.05) is 24.6 Å². The zero-order valence-electron chi connectivity index (χ0n) is 10.9. The van der Waals surface area contributed by atoms with Crippen molar-refractivity contribution in [1.29, 1.82) is 0 Å². The standard InChI is InChI=1S/C13H19ClN2O2/c1-4-13(3,8-17)16-12(18)15-11-6-5-9(2)7-10(11)14/h5-7,17H,4,8H2,1-3H3,(H2,15,16,18)/t13-/m0/s1. The smallest absolute Gasteiger partial charge is 0.319 e. The van der Waals surface area contributed by atoms with E-state index >= 15 is 0 Å². The Kier molecular flexibility index (Phi) is 4.99. The molecule has 0 bridgehead atoms. The molecule has 1 aromatic carbocycles. The van der Waals surface area contributed by atoms with Gasteiger partial charge in [-0.3, -0.25) is 0 Å². The first-order valence-corrected chi connectivity index (χ1v) is 6.24. The van der Waals surface area contributed by atoms with Crippen molar-refractivity contribution in [2.24, 2.45) is 0 Å². The Morgan fingerprint density at radius 1 is 1.50 bits per heavy atom. The molecule has 0 heterocycles. The molecule has 100 valence electrons. The highest BCUT2D eigenvalue weighted by molar-refractivity contribution is 6.33. The fraction of sp³-hybridized carbons (Fsp3) is 0.462. The van der Waals surface area contributed by atoms with E-state index in [1.807, 2.05) is 19.9 Å². The maximum Gasteiger partial charge on any atom is 0.319 e. The molecule has 0 aliphatic rings. The van der Waals surface area contributed by atoms with Crippen LogP contribution in [0.5, 0.6) is 0 Å². The van der Waals surface area contributed by atoms with Crippen LogP contribution < -0.4 is 10.6 Å². The van der Waals surface area contributed by atoms with Crippen LogP contribution in [0.2, 0.25) is 5.02 Å². The number of carbonyl (C=O) groups is 1. The van der Waals surface area contributed by atoms with Crippen molar-refractivity contribution < 1.29 is 9.90 Å². The van der Waals surface area contributed by atoms with Crippen molar-refractivity contribution >= 4 is 23.3 Å². The average Bonchev–Trinajstić information content (AvgIpc) is 2.32. The summed E-state index contributed by atoms with van der Waals surface area (Å²) in [5.74, 6) is 0. The summed E-state index contributed by atoms with van der Waals surface area (Å²) < 4.78 is 0. The third-order valence-corrected chi connectivity index (χ3v) is 3.23. The molecule has 1 atom stereocenters. The summed E-state index contributed by atoms with van der Waals surface area (Å²) in [6.07, 6.45) is 0.637. The van der Waals surface area contributed by atoms with Gasteiger partial charge in [-0.15, -0.1) is 0 Å². The highest BCUT2D eigenvalue weighted by atomic mass is 35.5. The van der Waals surface area contributed by atoms with Gasteiger partial charge in [0.2, 0.25) is 0 Å². The maximum atomic E-state index is 11.8. The van der Waals surface area contributed by atoms with Gasteiger partial charge in [-0.25, -0.2) is 4.79 Å². The molecule has 0 spiro atoms. The third-order valence-electron chi connectivity index (χ3n) is 2.92. The number of halogens is 1. The fourth-order valence-corrected chi connectivity index (χ4v) is 1.67. The lowest BCUT2D eigenvalue weighted by Crippen LogP contribution is -2.50. The molecule has 0 radical (unpaired) electrons. The SMILES string of the molecule is CC[C@@](C)(CO)NC(=O)Nc1ccc(C)cc1Cl. The lowest BCUT2D eigenvalue weighted by molar-refractivity contribution is 0.172. The minimum absolute atomic E-state index is 0.113. The van der Waals surface area contributed by atoms with Crippen LogP contribution in [0, 0.1) is 6.92 Å². The van der Waals surface area contributed by atoms with Gasteiger partial charge in [0.15, 0.2) is 0 Å². The Hall–Kier alpha value is -1.26. The Balaban J connectivity index is 2.70. The molecule has 2 amide bonds. The zero-order valence-corrected chi connectivity index (χ0v) is 11.6. The molecule has 0 aliphatic carbocycles. The van der Waals surface area contributed by atoms with E-state index in [9.17, 15) is 9.90 Å². The van der Waals surface area contributed by atoms with E-state index in [0.29, 0.717) is 17.1 Å². The normalized spacial score (nSPS) is 13.8. The minimum atomic E-state index is -0.624. The number of rotatable bonds is 4. The molecular formula is C13H19ClN2O2. The number of benzene rings is 1. The van der Waals surface area contributed by atoms with Gasteiger partial charge in [0, 0.05) is 0 Å². The van der Waals surface area contributed by atoms with E-state index in [-0.39, 0.29) is 12.6 Å². The summed E-state index contributed by atoms with van der Waals surface area (Å²) in [4.78, 5) is 11.8. The van der Waals surface area contributed by atoms with E-state index in [2.05, 4.69) is 10.6 Å². The quantitative estimate of drug-likeness (QED) is 0.788. The Bertz CT molecular complexity index is 431.